The van der Waals surface area contributed by atoms with Crippen LogP contribution >= 0.6 is 0 Å². The van der Waals surface area contributed by atoms with Gasteiger partial charge in [-0.3, -0.25) is 0 Å². The van der Waals surface area contributed by atoms with Gasteiger partial charge in [0.15, 0.2) is 0 Å². The third-order valence-electron chi connectivity index (χ3n) is 1.62. The van der Waals surface area contributed by atoms with E-state index in [1.54, 1.807) is 0 Å². The van der Waals surface area contributed by atoms with Crippen LogP contribution in [0.5, 0.6) is 0 Å². The molecule has 0 radical (unpaired) electrons. The molecule has 0 aromatic carbocycles. The highest BCUT2D eigenvalue weighted by molar-refractivity contribution is 4.89. The van der Waals surface area contributed by atoms with Crippen molar-refractivity contribution in [2.75, 3.05) is 13.2 Å². The molecule has 72 valence electrons. The predicted octanol–water partition coefficient (Wildman–Crippen LogP) is 1.04. The molecule has 1 aliphatic heterocycles. The van der Waals surface area contributed by atoms with Gasteiger partial charge in [-0.1, -0.05) is 0 Å². The van der Waals surface area contributed by atoms with Crippen LogP contribution in [-0.4, -0.2) is 36.3 Å². The molecule has 0 amide bonds. The van der Waals surface area contributed by atoms with Gasteiger partial charge in [0.05, 0.1) is 12.7 Å². The quantitative estimate of drug-likeness (QED) is 0.528. The normalized spacial score (nSPS) is 24.2. The molecule has 0 bridgehead atoms. The van der Waals surface area contributed by atoms with Gasteiger partial charge < -0.3 is 9.84 Å². The van der Waals surface area contributed by atoms with Crippen molar-refractivity contribution in [2.24, 2.45) is 0 Å². The van der Waals surface area contributed by atoms with E-state index in [4.69, 9.17) is 5.11 Å². The molecule has 1 atom stereocenters. The number of halogens is 4. The van der Waals surface area contributed by atoms with Crippen LogP contribution in [0.4, 0.5) is 17.6 Å². The Kier molecular flexibility index (Phi) is 2.31. The average molecular weight is 188 g/mol. The first-order valence-corrected chi connectivity index (χ1v) is 3.37. The summed E-state index contributed by atoms with van der Waals surface area (Å²) in [4.78, 5) is 0. The van der Waals surface area contributed by atoms with Crippen LogP contribution in [0, 0.1) is 0 Å². The zero-order chi connectivity index (χ0) is 9.41. The Bertz CT molecular complexity index is 167. The maximum atomic E-state index is 12.5. The lowest BCUT2D eigenvalue weighted by atomic mass is 10.1. The number of alkyl halides is 4. The lowest BCUT2D eigenvalue weighted by Gasteiger charge is -2.23. The highest BCUT2D eigenvalue weighted by Crippen LogP contribution is 2.39. The molecule has 2 nitrogen and oxygen atoms in total. The Morgan fingerprint density at radius 2 is 1.75 bits per heavy atom. The Hall–Kier alpha value is -0.360. The number of rotatable bonds is 4. The molecular formula is C6H8F4O2. The van der Waals surface area contributed by atoms with Crippen molar-refractivity contribution in [3.63, 3.8) is 0 Å². The molecule has 1 heterocycles. The molecule has 0 aromatic heterocycles. The van der Waals surface area contributed by atoms with Crippen LogP contribution in [0.3, 0.4) is 0 Å². The van der Waals surface area contributed by atoms with Crippen molar-refractivity contribution in [1.29, 1.82) is 0 Å². The van der Waals surface area contributed by atoms with Gasteiger partial charge >= 0.3 is 11.8 Å². The first kappa shape index (κ1) is 9.73. The SMILES string of the molecule is OCC(F)(F)C(F)(F)CC1CO1. The van der Waals surface area contributed by atoms with Crippen molar-refractivity contribution in [2.45, 2.75) is 24.4 Å². The summed E-state index contributed by atoms with van der Waals surface area (Å²) in [6, 6.07) is 0. The summed E-state index contributed by atoms with van der Waals surface area (Å²) in [6.45, 7) is -1.75. The highest BCUT2D eigenvalue weighted by atomic mass is 19.3. The molecule has 1 N–H and O–H groups in total. The molecule has 1 fully saturated rings. The summed E-state index contributed by atoms with van der Waals surface area (Å²) in [5.41, 5.74) is 0. The fraction of sp³-hybridized carbons (Fsp3) is 1.00. The second-order valence-electron chi connectivity index (χ2n) is 2.73. The zero-order valence-corrected chi connectivity index (χ0v) is 6.07. The van der Waals surface area contributed by atoms with E-state index in [1.165, 1.54) is 0 Å². The maximum absolute atomic E-state index is 12.5. The van der Waals surface area contributed by atoms with Gasteiger partial charge in [-0.15, -0.1) is 0 Å². The highest BCUT2D eigenvalue weighted by Gasteiger charge is 2.57. The van der Waals surface area contributed by atoms with Gasteiger partial charge in [-0.05, 0) is 0 Å². The van der Waals surface area contributed by atoms with Crippen LogP contribution in [0.15, 0.2) is 0 Å². The van der Waals surface area contributed by atoms with E-state index in [2.05, 4.69) is 4.74 Å². The minimum absolute atomic E-state index is 0.0943. The lowest BCUT2D eigenvalue weighted by molar-refractivity contribution is -0.229. The molecule has 0 aliphatic carbocycles. The second kappa shape index (κ2) is 2.85. The number of hydrogen-bond donors (Lipinski definition) is 1. The summed E-state index contributed by atoms with van der Waals surface area (Å²) < 4.78 is 53.9. The molecule has 12 heavy (non-hydrogen) atoms. The number of ether oxygens (including phenoxy) is 1. The zero-order valence-electron chi connectivity index (χ0n) is 6.07. The molecule has 0 spiro atoms. The number of hydrogen-bond acceptors (Lipinski definition) is 2. The van der Waals surface area contributed by atoms with Crippen LogP contribution in [0.2, 0.25) is 0 Å². The van der Waals surface area contributed by atoms with Crippen molar-refractivity contribution >= 4 is 0 Å². The van der Waals surface area contributed by atoms with Gasteiger partial charge in [0.1, 0.15) is 6.61 Å². The van der Waals surface area contributed by atoms with E-state index in [0.29, 0.717) is 0 Å². The molecular weight excluding hydrogens is 180 g/mol. The summed E-state index contributed by atoms with van der Waals surface area (Å²) in [5.74, 6) is -8.53. The average Bonchev–Trinajstić information content (AvgIpc) is 2.70. The smallest absolute Gasteiger partial charge is 0.332 e. The van der Waals surface area contributed by atoms with Crippen molar-refractivity contribution < 1.29 is 27.4 Å². The Morgan fingerprint density at radius 1 is 1.25 bits per heavy atom. The standard InChI is InChI=1S/C6H8F4O2/c7-5(8,1-4-2-12-4)6(9,10)3-11/h4,11H,1-3H2. The summed E-state index contributed by atoms with van der Waals surface area (Å²) in [5, 5.41) is 7.99. The minimum atomic E-state index is -4.35. The van der Waals surface area contributed by atoms with E-state index >= 15 is 0 Å². The van der Waals surface area contributed by atoms with Crippen molar-refractivity contribution in [3.05, 3.63) is 0 Å². The summed E-state index contributed by atoms with van der Waals surface area (Å²) in [6.07, 6.45) is -1.81. The molecule has 1 saturated heterocycles. The minimum Gasteiger partial charge on any atom is -0.390 e. The second-order valence-corrected chi connectivity index (χ2v) is 2.73. The Labute approximate surface area is 66.1 Å². The molecule has 6 heteroatoms. The Morgan fingerprint density at radius 3 is 2.08 bits per heavy atom. The van der Waals surface area contributed by atoms with Crippen LogP contribution in [0.25, 0.3) is 0 Å². The monoisotopic (exact) mass is 188 g/mol. The molecule has 1 unspecified atom stereocenters. The largest absolute Gasteiger partial charge is 0.390 e. The maximum Gasteiger partial charge on any atom is 0.332 e. The third kappa shape index (κ3) is 1.87. The predicted molar refractivity (Wildman–Crippen MR) is 31.3 cm³/mol. The van der Waals surface area contributed by atoms with Gasteiger partial charge in [0.25, 0.3) is 0 Å². The van der Waals surface area contributed by atoms with Gasteiger partial charge in [0.2, 0.25) is 0 Å². The Balaban J connectivity index is 2.54. The van der Waals surface area contributed by atoms with Crippen molar-refractivity contribution in [1.82, 2.24) is 0 Å². The van der Waals surface area contributed by atoms with Gasteiger partial charge in [0, 0.05) is 6.42 Å². The van der Waals surface area contributed by atoms with Crippen LogP contribution in [-0.2, 0) is 4.74 Å². The van der Waals surface area contributed by atoms with E-state index in [0.717, 1.165) is 0 Å². The third-order valence-corrected chi connectivity index (χ3v) is 1.62. The molecule has 1 rings (SSSR count). The van der Waals surface area contributed by atoms with E-state index in [9.17, 15) is 17.6 Å². The first-order chi connectivity index (χ1) is 5.39. The van der Waals surface area contributed by atoms with Gasteiger partial charge in [-0.25, -0.2) is 0 Å². The van der Waals surface area contributed by atoms with E-state index in [1.807, 2.05) is 0 Å². The topological polar surface area (TPSA) is 32.8 Å². The lowest BCUT2D eigenvalue weighted by Crippen LogP contribution is -2.44. The number of aliphatic hydroxyl groups excluding tert-OH is 1. The van der Waals surface area contributed by atoms with Crippen LogP contribution < -0.4 is 0 Å². The number of aliphatic hydroxyl groups is 1. The van der Waals surface area contributed by atoms with Gasteiger partial charge in [-0.2, -0.15) is 17.6 Å². The molecule has 0 saturated carbocycles. The molecule has 1 aliphatic rings. The van der Waals surface area contributed by atoms with Crippen molar-refractivity contribution in [3.8, 4) is 0 Å². The van der Waals surface area contributed by atoms with E-state index in [-0.39, 0.29) is 6.61 Å². The molecule has 0 aromatic rings. The summed E-state index contributed by atoms with van der Waals surface area (Å²) in [7, 11) is 0. The van der Waals surface area contributed by atoms with E-state index < -0.39 is 31.0 Å². The fourth-order valence-electron chi connectivity index (χ4n) is 0.737. The summed E-state index contributed by atoms with van der Waals surface area (Å²) >= 11 is 0. The number of epoxide rings is 1. The fourth-order valence-corrected chi connectivity index (χ4v) is 0.737. The van der Waals surface area contributed by atoms with Crippen LogP contribution in [0.1, 0.15) is 6.42 Å². The first-order valence-electron chi connectivity index (χ1n) is 3.37.